The van der Waals surface area contributed by atoms with E-state index in [-0.39, 0.29) is 17.8 Å². The van der Waals surface area contributed by atoms with E-state index in [0.717, 1.165) is 11.3 Å². The van der Waals surface area contributed by atoms with E-state index in [0.29, 0.717) is 17.1 Å². The second kappa shape index (κ2) is 9.26. The van der Waals surface area contributed by atoms with Gasteiger partial charge in [0.15, 0.2) is 5.82 Å². The molecule has 3 aromatic carbocycles. The van der Waals surface area contributed by atoms with E-state index in [4.69, 9.17) is 0 Å². The number of carbonyl (C=O) groups is 2. The van der Waals surface area contributed by atoms with Crippen LogP contribution in [0.25, 0.3) is 17.1 Å². The Labute approximate surface area is 186 Å². The summed E-state index contributed by atoms with van der Waals surface area (Å²) >= 11 is 0. The Morgan fingerprint density at radius 2 is 1.44 bits per heavy atom. The van der Waals surface area contributed by atoms with Gasteiger partial charge in [0.2, 0.25) is 5.82 Å². The topological polar surface area (TPSA) is 88.9 Å². The van der Waals surface area contributed by atoms with E-state index >= 15 is 0 Å². The number of carbonyl (C=O) groups excluding carboxylic acids is 2. The fourth-order valence-electron chi connectivity index (χ4n) is 3.24. The molecule has 0 aliphatic heterocycles. The van der Waals surface area contributed by atoms with E-state index in [2.05, 4.69) is 20.7 Å². The number of rotatable bonds is 6. The summed E-state index contributed by atoms with van der Waals surface area (Å²) in [5, 5.41) is 10.1. The predicted molar refractivity (Wildman–Crippen MR) is 124 cm³/mol. The van der Waals surface area contributed by atoms with Crippen molar-refractivity contribution in [2.75, 3.05) is 5.32 Å². The zero-order valence-corrected chi connectivity index (χ0v) is 17.8. The molecule has 4 aromatic rings. The lowest BCUT2D eigenvalue weighted by Crippen LogP contribution is -2.31. The molecule has 7 heteroatoms. The standard InChI is InChI=1S/C25H23N5O2/c1-17(2)26-24(31)20-15-9-10-16-21(20)27-25(32)22-28-23(18-11-5-3-6-12-18)30(29-22)19-13-7-4-8-14-19/h3-17H,1-2H3,(H,26,31)(H,27,32). The molecule has 2 amide bonds. The number of para-hydroxylation sites is 2. The van der Waals surface area contributed by atoms with E-state index in [1.54, 1.807) is 28.9 Å². The lowest BCUT2D eigenvalue weighted by molar-refractivity contribution is 0.0944. The minimum atomic E-state index is -0.498. The lowest BCUT2D eigenvalue weighted by atomic mass is 10.1. The van der Waals surface area contributed by atoms with Gasteiger partial charge in [0.25, 0.3) is 11.8 Å². The predicted octanol–water partition coefficient (Wildman–Crippen LogP) is 4.32. The first-order valence-corrected chi connectivity index (χ1v) is 10.3. The lowest BCUT2D eigenvalue weighted by Gasteiger charge is -2.12. The second-order valence-corrected chi connectivity index (χ2v) is 7.50. The van der Waals surface area contributed by atoms with Crippen LogP contribution in [0, 0.1) is 0 Å². The molecule has 0 unspecified atom stereocenters. The van der Waals surface area contributed by atoms with Crippen LogP contribution in [-0.2, 0) is 0 Å². The highest BCUT2D eigenvalue weighted by atomic mass is 16.2. The molecule has 0 spiro atoms. The van der Waals surface area contributed by atoms with Gasteiger partial charge in [0.1, 0.15) is 0 Å². The van der Waals surface area contributed by atoms with Crippen LogP contribution in [0.3, 0.4) is 0 Å². The van der Waals surface area contributed by atoms with E-state index in [1.165, 1.54) is 0 Å². The van der Waals surface area contributed by atoms with Crippen molar-refractivity contribution in [2.45, 2.75) is 19.9 Å². The molecular formula is C25H23N5O2. The smallest absolute Gasteiger partial charge is 0.295 e. The third-order valence-electron chi connectivity index (χ3n) is 4.68. The van der Waals surface area contributed by atoms with Gasteiger partial charge in [-0.15, -0.1) is 5.10 Å². The molecule has 32 heavy (non-hydrogen) atoms. The van der Waals surface area contributed by atoms with Crippen LogP contribution in [0.4, 0.5) is 5.69 Å². The highest BCUT2D eigenvalue weighted by Gasteiger charge is 2.21. The summed E-state index contributed by atoms with van der Waals surface area (Å²) in [4.78, 5) is 30.1. The number of benzene rings is 3. The van der Waals surface area contributed by atoms with Crippen molar-refractivity contribution in [3.8, 4) is 17.1 Å². The number of anilines is 1. The minimum absolute atomic E-state index is 0.00627. The highest BCUT2D eigenvalue weighted by Crippen LogP contribution is 2.22. The molecule has 0 bridgehead atoms. The zero-order chi connectivity index (χ0) is 22.5. The van der Waals surface area contributed by atoms with Gasteiger partial charge in [-0.25, -0.2) is 9.67 Å². The number of nitrogens with one attached hydrogen (secondary N) is 2. The molecule has 1 aromatic heterocycles. The molecule has 0 saturated heterocycles. The Balaban J connectivity index is 1.69. The summed E-state index contributed by atoms with van der Waals surface area (Å²) < 4.78 is 1.64. The van der Waals surface area contributed by atoms with Crippen molar-refractivity contribution < 1.29 is 9.59 Å². The number of hydrogen-bond donors (Lipinski definition) is 2. The molecule has 0 saturated carbocycles. The first kappa shape index (κ1) is 21.0. The van der Waals surface area contributed by atoms with Crippen molar-refractivity contribution in [3.63, 3.8) is 0 Å². The Morgan fingerprint density at radius 3 is 2.12 bits per heavy atom. The average molecular weight is 425 g/mol. The fourth-order valence-corrected chi connectivity index (χ4v) is 3.24. The fraction of sp³-hybridized carbons (Fsp3) is 0.120. The first-order chi connectivity index (χ1) is 15.5. The van der Waals surface area contributed by atoms with Crippen molar-refractivity contribution >= 4 is 17.5 Å². The minimum Gasteiger partial charge on any atom is -0.350 e. The van der Waals surface area contributed by atoms with Gasteiger partial charge in [0, 0.05) is 11.6 Å². The van der Waals surface area contributed by atoms with Crippen molar-refractivity contribution in [1.82, 2.24) is 20.1 Å². The summed E-state index contributed by atoms with van der Waals surface area (Å²) in [6, 6.07) is 25.9. The largest absolute Gasteiger partial charge is 0.350 e. The van der Waals surface area contributed by atoms with Gasteiger partial charge in [-0.1, -0.05) is 60.7 Å². The van der Waals surface area contributed by atoms with Crippen LogP contribution in [0.1, 0.15) is 34.8 Å². The Hall–Kier alpha value is -4.26. The summed E-state index contributed by atoms with van der Waals surface area (Å²) in [6.07, 6.45) is 0. The van der Waals surface area contributed by atoms with Crippen molar-refractivity contribution in [2.24, 2.45) is 0 Å². The van der Waals surface area contributed by atoms with Crippen molar-refractivity contribution in [3.05, 3.63) is 96.3 Å². The molecule has 0 fully saturated rings. The number of hydrogen-bond acceptors (Lipinski definition) is 4. The normalized spacial score (nSPS) is 10.7. The molecule has 2 N–H and O–H groups in total. The van der Waals surface area contributed by atoms with Crippen LogP contribution < -0.4 is 10.6 Å². The summed E-state index contributed by atoms with van der Waals surface area (Å²) in [5.74, 6) is -0.204. The molecule has 7 nitrogen and oxygen atoms in total. The second-order valence-electron chi connectivity index (χ2n) is 7.50. The van der Waals surface area contributed by atoms with E-state index in [9.17, 15) is 9.59 Å². The van der Waals surface area contributed by atoms with Gasteiger partial charge in [-0.3, -0.25) is 9.59 Å². The molecule has 1 heterocycles. The average Bonchev–Trinajstić information content (AvgIpc) is 3.26. The van der Waals surface area contributed by atoms with Crippen LogP contribution in [0.2, 0.25) is 0 Å². The van der Waals surface area contributed by atoms with Gasteiger partial charge in [-0.05, 0) is 38.1 Å². The van der Waals surface area contributed by atoms with Gasteiger partial charge in [-0.2, -0.15) is 0 Å². The maximum Gasteiger partial charge on any atom is 0.295 e. The van der Waals surface area contributed by atoms with E-state index < -0.39 is 5.91 Å². The summed E-state index contributed by atoms with van der Waals surface area (Å²) in [6.45, 7) is 3.76. The first-order valence-electron chi connectivity index (χ1n) is 10.3. The third-order valence-corrected chi connectivity index (χ3v) is 4.68. The Bertz CT molecular complexity index is 1180. The molecule has 0 atom stereocenters. The maximum absolute atomic E-state index is 13.1. The highest BCUT2D eigenvalue weighted by molar-refractivity contribution is 6.07. The number of aromatic nitrogens is 3. The SMILES string of the molecule is CC(C)NC(=O)c1ccccc1NC(=O)c1nc(-c2ccccc2)n(-c2ccccc2)n1. The quantitative estimate of drug-likeness (QED) is 0.481. The van der Waals surface area contributed by atoms with Crippen LogP contribution >= 0.6 is 0 Å². The van der Waals surface area contributed by atoms with Gasteiger partial charge < -0.3 is 10.6 Å². The number of nitrogens with zero attached hydrogens (tertiary/aromatic N) is 3. The molecular weight excluding hydrogens is 402 g/mol. The monoisotopic (exact) mass is 425 g/mol. The zero-order valence-electron chi connectivity index (χ0n) is 17.8. The third kappa shape index (κ3) is 4.57. The molecule has 0 aliphatic carbocycles. The Kier molecular flexibility index (Phi) is 6.07. The molecule has 4 rings (SSSR count). The Morgan fingerprint density at radius 1 is 0.812 bits per heavy atom. The summed E-state index contributed by atoms with van der Waals surface area (Å²) in [7, 11) is 0. The van der Waals surface area contributed by atoms with Crippen LogP contribution in [0.5, 0.6) is 0 Å². The van der Waals surface area contributed by atoms with Crippen molar-refractivity contribution in [1.29, 1.82) is 0 Å². The van der Waals surface area contributed by atoms with Gasteiger partial charge in [0.05, 0.1) is 16.9 Å². The molecule has 0 radical (unpaired) electrons. The van der Waals surface area contributed by atoms with Gasteiger partial charge >= 0.3 is 0 Å². The number of amides is 2. The summed E-state index contributed by atoms with van der Waals surface area (Å²) in [5.41, 5.74) is 2.39. The van der Waals surface area contributed by atoms with Crippen LogP contribution in [0.15, 0.2) is 84.9 Å². The molecule has 160 valence electrons. The van der Waals surface area contributed by atoms with Crippen LogP contribution in [-0.4, -0.2) is 32.6 Å². The molecule has 0 aliphatic rings. The maximum atomic E-state index is 13.1. The van der Waals surface area contributed by atoms with E-state index in [1.807, 2.05) is 74.5 Å².